The van der Waals surface area contributed by atoms with Crippen molar-refractivity contribution in [2.75, 3.05) is 19.7 Å². The van der Waals surface area contributed by atoms with E-state index >= 15 is 0 Å². The zero-order valence-electron chi connectivity index (χ0n) is 11.3. The minimum Gasteiger partial charge on any atom is -0.375 e. The number of rotatable bonds is 8. The number of nitrogens with zero attached hydrogens (tertiary/aromatic N) is 1. The summed E-state index contributed by atoms with van der Waals surface area (Å²) >= 11 is 0. The first kappa shape index (κ1) is 14.9. The molecule has 2 heteroatoms. The lowest BCUT2D eigenvalue weighted by Gasteiger charge is -2.51. The number of ether oxygens (including phenoxy) is 1. The van der Waals surface area contributed by atoms with Gasteiger partial charge in [-0.05, 0) is 19.3 Å². The van der Waals surface area contributed by atoms with Crippen LogP contribution >= 0.6 is 0 Å². The highest BCUT2D eigenvalue weighted by Gasteiger charge is 2.44. The van der Waals surface area contributed by atoms with Gasteiger partial charge in [-0.25, -0.2) is 0 Å². The van der Waals surface area contributed by atoms with Crippen molar-refractivity contribution in [3.63, 3.8) is 0 Å². The Morgan fingerprint density at radius 1 is 1.06 bits per heavy atom. The van der Waals surface area contributed by atoms with Crippen LogP contribution in [0.15, 0.2) is 50.6 Å². The van der Waals surface area contributed by atoms with Crippen LogP contribution in [-0.2, 0) is 4.74 Å². The summed E-state index contributed by atoms with van der Waals surface area (Å²) in [6, 6.07) is 0. The van der Waals surface area contributed by atoms with Gasteiger partial charge >= 0.3 is 0 Å². The van der Waals surface area contributed by atoms with Crippen LogP contribution in [-0.4, -0.2) is 36.2 Å². The molecule has 0 radical (unpaired) electrons. The second kappa shape index (κ2) is 7.34. The van der Waals surface area contributed by atoms with Gasteiger partial charge in [0.1, 0.15) is 0 Å². The first-order chi connectivity index (χ1) is 8.75. The maximum absolute atomic E-state index is 5.97. The summed E-state index contributed by atoms with van der Waals surface area (Å²) in [6.07, 6.45) is 10.6. The van der Waals surface area contributed by atoms with Crippen molar-refractivity contribution in [3.05, 3.63) is 50.6 Å². The van der Waals surface area contributed by atoms with Crippen LogP contribution in [0.5, 0.6) is 0 Å². The fourth-order valence-corrected chi connectivity index (χ4v) is 2.86. The molecule has 0 saturated carbocycles. The van der Waals surface area contributed by atoms with Crippen molar-refractivity contribution in [1.29, 1.82) is 0 Å². The number of hydrogen-bond acceptors (Lipinski definition) is 2. The van der Waals surface area contributed by atoms with Crippen LogP contribution in [0.3, 0.4) is 0 Å². The lowest BCUT2D eigenvalue weighted by Crippen LogP contribution is -2.61. The molecule has 1 heterocycles. The first-order valence-electron chi connectivity index (χ1n) is 6.55. The van der Waals surface area contributed by atoms with Gasteiger partial charge in [-0.1, -0.05) is 24.3 Å². The highest BCUT2D eigenvalue weighted by atomic mass is 16.5. The van der Waals surface area contributed by atoms with Crippen LogP contribution < -0.4 is 0 Å². The van der Waals surface area contributed by atoms with Crippen molar-refractivity contribution in [1.82, 2.24) is 4.90 Å². The van der Waals surface area contributed by atoms with E-state index in [1.807, 2.05) is 24.3 Å². The fourth-order valence-electron chi connectivity index (χ4n) is 2.86. The predicted octanol–water partition coefficient (Wildman–Crippen LogP) is 3.34. The Morgan fingerprint density at radius 2 is 1.72 bits per heavy atom. The zero-order chi connectivity index (χ0) is 13.4. The van der Waals surface area contributed by atoms with Crippen molar-refractivity contribution >= 4 is 0 Å². The van der Waals surface area contributed by atoms with E-state index in [0.29, 0.717) is 0 Å². The van der Waals surface area contributed by atoms with E-state index in [9.17, 15) is 0 Å². The zero-order valence-corrected chi connectivity index (χ0v) is 11.3. The Kier molecular flexibility index (Phi) is 6.10. The molecule has 0 amide bonds. The Balaban J connectivity index is 3.06. The van der Waals surface area contributed by atoms with Crippen molar-refractivity contribution in [2.45, 2.75) is 30.9 Å². The molecule has 1 fully saturated rings. The molecule has 1 aliphatic heterocycles. The van der Waals surface area contributed by atoms with E-state index in [-0.39, 0.29) is 11.6 Å². The monoisotopic (exact) mass is 247 g/mol. The summed E-state index contributed by atoms with van der Waals surface area (Å²) in [5, 5.41) is 0. The largest absolute Gasteiger partial charge is 0.375 e. The van der Waals surface area contributed by atoms with Gasteiger partial charge in [0.15, 0.2) is 0 Å². The lowest BCUT2D eigenvalue weighted by atomic mass is 9.80. The molecule has 0 spiro atoms. The molecule has 100 valence electrons. The molecule has 2 nitrogen and oxygen atoms in total. The smallest absolute Gasteiger partial charge is 0.0799 e. The highest BCUT2D eigenvalue weighted by Crippen LogP contribution is 2.35. The molecule has 0 aromatic rings. The maximum Gasteiger partial charge on any atom is 0.0799 e. The molecular formula is C16H25NO. The molecule has 1 unspecified atom stereocenters. The third-order valence-corrected chi connectivity index (χ3v) is 3.64. The van der Waals surface area contributed by atoms with E-state index in [4.69, 9.17) is 4.74 Å². The predicted molar refractivity (Wildman–Crippen MR) is 78.7 cm³/mol. The van der Waals surface area contributed by atoms with Crippen molar-refractivity contribution < 1.29 is 4.74 Å². The first-order valence-corrected chi connectivity index (χ1v) is 6.55. The normalized spacial score (nSPS) is 23.2. The van der Waals surface area contributed by atoms with E-state index in [2.05, 4.69) is 31.2 Å². The molecule has 0 N–H and O–H groups in total. The molecule has 1 saturated heterocycles. The molecule has 0 aromatic heterocycles. The van der Waals surface area contributed by atoms with Crippen molar-refractivity contribution in [3.8, 4) is 0 Å². The summed E-state index contributed by atoms with van der Waals surface area (Å²) in [5.74, 6) is 0. The molecule has 1 atom stereocenters. The number of morpholine rings is 1. The highest BCUT2D eigenvalue weighted by molar-refractivity contribution is 5.08. The average Bonchev–Trinajstić information content (AvgIpc) is 2.35. The van der Waals surface area contributed by atoms with E-state index in [1.165, 1.54) is 0 Å². The number of hydrogen-bond donors (Lipinski definition) is 0. The van der Waals surface area contributed by atoms with E-state index in [0.717, 1.165) is 39.0 Å². The van der Waals surface area contributed by atoms with Gasteiger partial charge in [-0.15, -0.1) is 26.3 Å². The minimum absolute atomic E-state index is 0.0515. The Hall–Kier alpha value is -1.12. The Bertz CT molecular complexity index is 278. The van der Waals surface area contributed by atoms with Gasteiger partial charge in [0.05, 0.1) is 18.2 Å². The lowest BCUT2D eigenvalue weighted by molar-refractivity contribution is -0.120. The summed E-state index contributed by atoms with van der Waals surface area (Å²) in [4.78, 5) is 2.45. The third-order valence-electron chi connectivity index (χ3n) is 3.64. The molecule has 0 aliphatic carbocycles. The fraction of sp³-hybridized carbons (Fsp3) is 0.500. The molecular weight excluding hydrogens is 222 g/mol. The molecule has 1 aliphatic rings. The van der Waals surface area contributed by atoms with Gasteiger partial charge in [0.25, 0.3) is 0 Å². The van der Waals surface area contributed by atoms with Crippen molar-refractivity contribution in [2.24, 2.45) is 0 Å². The molecule has 1 rings (SSSR count). The topological polar surface area (TPSA) is 12.5 Å². The van der Waals surface area contributed by atoms with E-state index in [1.54, 1.807) is 0 Å². The van der Waals surface area contributed by atoms with Crippen LogP contribution in [0, 0.1) is 0 Å². The second-order valence-corrected chi connectivity index (χ2v) is 4.71. The second-order valence-electron chi connectivity index (χ2n) is 4.71. The summed E-state index contributed by atoms with van der Waals surface area (Å²) in [5.41, 5.74) is -0.0515. The standard InChI is InChI=1S/C16H25NO/c1-5-9-15-16(10-6-2,11-7-3)17(12-8-4)13-14-18-15/h5-8,15H,1-4,9-14H2. The Labute approximate surface area is 111 Å². The van der Waals surface area contributed by atoms with Gasteiger partial charge in [-0.3, -0.25) is 4.90 Å². The van der Waals surface area contributed by atoms with Crippen LogP contribution in [0.25, 0.3) is 0 Å². The van der Waals surface area contributed by atoms with Gasteiger partial charge in [-0.2, -0.15) is 0 Å². The molecule has 0 bridgehead atoms. The van der Waals surface area contributed by atoms with Crippen LogP contribution in [0.1, 0.15) is 19.3 Å². The SMILES string of the molecule is C=CCC1OCCN(CC=C)C1(CC=C)CC=C. The average molecular weight is 247 g/mol. The van der Waals surface area contributed by atoms with E-state index < -0.39 is 0 Å². The van der Waals surface area contributed by atoms with Crippen LogP contribution in [0.2, 0.25) is 0 Å². The quantitative estimate of drug-likeness (QED) is 0.610. The summed E-state index contributed by atoms with van der Waals surface area (Å²) in [7, 11) is 0. The van der Waals surface area contributed by atoms with Crippen LogP contribution in [0.4, 0.5) is 0 Å². The summed E-state index contributed by atoms with van der Waals surface area (Å²) in [6.45, 7) is 18.1. The summed E-state index contributed by atoms with van der Waals surface area (Å²) < 4.78 is 5.97. The Morgan fingerprint density at radius 3 is 2.22 bits per heavy atom. The third kappa shape index (κ3) is 3.01. The molecule has 0 aromatic carbocycles. The van der Waals surface area contributed by atoms with Gasteiger partial charge < -0.3 is 4.74 Å². The van der Waals surface area contributed by atoms with Gasteiger partial charge in [0.2, 0.25) is 0 Å². The maximum atomic E-state index is 5.97. The minimum atomic E-state index is -0.0515. The van der Waals surface area contributed by atoms with Gasteiger partial charge in [0, 0.05) is 13.1 Å². The molecule has 18 heavy (non-hydrogen) atoms.